The van der Waals surface area contributed by atoms with Crippen LogP contribution in [0.5, 0.6) is 0 Å². The van der Waals surface area contributed by atoms with Gasteiger partial charge in [-0.25, -0.2) is 8.42 Å². The zero-order valence-corrected chi connectivity index (χ0v) is 8.88. The summed E-state index contributed by atoms with van der Waals surface area (Å²) >= 11 is 11.2. The summed E-state index contributed by atoms with van der Waals surface area (Å²) in [4.78, 5) is 1.93. The summed E-state index contributed by atoms with van der Waals surface area (Å²) in [6.07, 6.45) is 0. The number of hydrogen-bond acceptors (Lipinski definition) is 2. The molecule has 0 unspecified atom stereocenters. The molecule has 0 fully saturated rings. The van der Waals surface area contributed by atoms with Crippen molar-refractivity contribution in [1.29, 1.82) is 0 Å². The minimum Gasteiger partial charge on any atom is -0.216 e. The summed E-state index contributed by atoms with van der Waals surface area (Å²) in [6.45, 7) is 0. The van der Waals surface area contributed by atoms with Gasteiger partial charge in [-0.15, -0.1) is 0 Å². The number of sulfonamides is 1. The van der Waals surface area contributed by atoms with Gasteiger partial charge in [-0.2, -0.15) is 0 Å². The molecular weight excluding hydrogens is 249 g/mol. The van der Waals surface area contributed by atoms with E-state index < -0.39 is 10.0 Å². The van der Waals surface area contributed by atoms with Crippen molar-refractivity contribution in [3.05, 3.63) is 38.7 Å². The fraction of sp³-hybridized carbons (Fsp3) is 0. The lowest BCUT2D eigenvalue weighted by Gasteiger charge is -2.00. The molecule has 0 heterocycles. The fourth-order valence-electron chi connectivity index (χ4n) is 0.776. The quantitative estimate of drug-likeness (QED) is 0.460. The Morgan fingerprint density at radius 2 is 2.00 bits per heavy atom. The number of benzene rings is 1. The molecule has 0 saturated heterocycles. The van der Waals surface area contributed by atoms with E-state index in [0.717, 1.165) is 0 Å². The van der Waals surface area contributed by atoms with E-state index in [1.165, 1.54) is 18.2 Å². The Morgan fingerprint density at radius 1 is 1.36 bits per heavy atom. The lowest BCUT2D eigenvalue weighted by Crippen LogP contribution is -1.95. The summed E-state index contributed by atoms with van der Waals surface area (Å²) in [6, 6.07) is 3.77. The largest absolute Gasteiger partial charge is 0.265 e. The molecule has 1 aromatic carbocycles. The average molecular weight is 252 g/mol. The maximum atomic E-state index is 11.2. The number of nitrogens with zero attached hydrogens (tertiary/aromatic N) is 3. The first-order chi connectivity index (χ1) is 6.47. The topological polar surface area (TPSA) is 82.9 Å². The number of halogens is 2. The van der Waals surface area contributed by atoms with Crippen LogP contribution in [-0.4, -0.2) is 8.42 Å². The molecule has 1 rings (SSSR count). The third-order valence-corrected chi connectivity index (χ3v) is 3.18. The van der Waals surface area contributed by atoms with Crippen molar-refractivity contribution in [3.63, 3.8) is 0 Å². The van der Waals surface area contributed by atoms with E-state index >= 15 is 0 Å². The molecule has 74 valence electrons. The van der Waals surface area contributed by atoms with Gasteiger partial charge in [0.05, 0.1) is 9.92 Å². The molecule has 0 aromatic heterocycles. The number of azide groups is 1. The predicted molar refractivity (Wildman–Crippen MR) is 52.8 cm³/mol. The predicted octanol–water partition coefficient (Wildman–Crippen LogP) is 2.99. The van der Waals surface area contributed by atoms with E-state index in [-0.39, 0.29) is 9.92 Å². The van der Waals surface area contributed by atoms with Crippen LogP contribution < -0.4 is 0 Å². The van der Waals surface area contributed by atoms with Crippen molar-refractivity contribution in [3.8, 4) is 0 Å². The Hall–Kier alpha value is -0.940. The highest BCUT2D eigenvalue weighted by Crippen LogP contribution is 2.26. The second kappa shape index (κ2) is 4.06. The Labute approximate surface area is 89.9 Å². The average Bonchev–Trinajstić information content (AvgIpc) is 2.02. The standard InChI is InChI=1S/C6H3Cl2N3O2S/c7-4-1-2-6(5(8)3-4)14(12,13)11-10-9/h1-3H. The SMILES string of the molecule is [N-]=[N+]=NS(=O)(=O)c1ccc(Cl)cc1Cl. The van der Waals surface area contributed by atoms with E-state index in [4.69, 9.17) is 28.7 Å². The maximum Gasteiger partial charge on any atom is 0.265 e. The maximum absolute atomic E-state index is 11.2. The molecule has 0 atom stereocenters. The van der Waals surface area contributed by atoms with Gasteiger partial charge in [0.1, 0.15) is 0 Å². The van der Waals surface area contributed by atoms with Crippen molar-refractivity contribution in [2.24, 2.45) is 4.52 Å². The number of hydrogen-bond donors (Lipinski definition) is 0. The first-order valence-electron chi connectivity index (χ1n) is 3.24. The summed E-state index contributed by atoms with van der Waals surface area (Å²) in [5.41, 5.74) is 8.02. The van der Waals surface area contributed by atoms with E-state index in [2.05, 4.69) is 9.43 Å². The van der Waals surface area contributed by atoms with Crippen LogP contribution in [0.15, 0.2) is 27.6 Å². The normalized spacial score (nSPS) is 10.7. The molecule has 0 amide bonds. The van der Waals surface area contributed by atoms with E-state index in [1.54, 1.807) is 0 Å². The van der Waals surface area contributed by atoms with Gasteiger partial charge in [0.25, 0.3) is 10.0 Å². The van der Waals surface area contributed by atoms with Gasteiger partial charge in [0.2, 0.25) is 0 Å². The first-order valence-corrected chi connectivity index (χ1v) is 5.43. The molecule has 0 aliphatic carbocycles. The first kappa shape index (κ1) is 11.1. The third kappa shape index (κ3) is 2.30. The van der Waals surface area contributed by atoms with Gasteiger partial charge in [-0.3, -0.25) is 0 Å². The highest BCUT2D eigenvalue weighted by atomic mass is 35.5. The van der Waals surface area contributed by atoms with Gasteiger partial charge in [0.15, 0.2) is 0 Å². The zero-order chi connectivity index (χ0) is 10.8. The van der Waals surface area contributed by atoms with E-state index in [9.17, 15) is 8.42 Å². The summed E-state index contributed by atoms with van der Waals surface area (Å²) in [7, 11) is -4.04. The van der Waals surface area contributed by atoms with Crippen LogP contribution in [0.25, 0.3) is 10.4 Å². The lowest BCUT2D eigenvalue weighted by molar-refractivity contribution is 0.597. The van der Waals surface area contributed by atoms with Gasteiger partial charge in [-0.05, 0) is 23.7 Å². The van der Waals surface area contributed by atoms with Crippen molar-refractivity contribution in [2.45, 2.75) is 4.90 Å². The Balaban J connectivity index is 3.41. The minimum atomic E-state index is -4.04. The molecule has 14 heavy (non-hydrogen) atoms. The van der Waals surface area contributed by atoms with Crippen LogP contribution in [-0.2, 0) is 10.0 Å². The van der Waals surface area contributed by atoms with Crippen LogP contribution in [0.3, 0.4) is 0 Å². The highest BCUT2D eigenvalue weighted by Gasteiger charge is 2.15. The van der Waals surface area contributed by atoms with Gasteiger partial charge in [-0.1, -0.05) is 23.2 Å². The fourth-order valence-corrected chi connectivity index (χ4v) is 2.21. The molecule has 0 aliphatic rings. The van der Waals surface area contributed by atoms with Crippen molar-refractivity contribution >= 4 is 33.2 Å². The third-order valence-electron chi connectivity index (χ3n) is 1.32. The second-order valence-corrected chi connectivity index (χ2v) is 4.62. The van der Waals surface area contributed by atoms with Crippen molar-refractivity contribution in [1.82, 2.24) is 0 Å². The molecule has 5 nitrogen and oxygen atoms in total. The molecule has 1 aromatic rings. The molecule has 0 saturated carbocycles. The zero-order valence-electron chi connectivity index (χ0n) is 6.55. The Bertz CT molecular complexity index is 508. The van der Waals surface area contributed by atoms with Gasteiger partial charge >= 0.3 is 0 Å². The summed E-state index contributed by atoms with van der Waals surface area (Å²) in [5.74, 6) is 0. The molecule has 0 radical (unpaired) electrons. The minimum absolute atomic E-state index is 0.0788. The highest BCUT2D eigenvalue weighted by molar-refractivity contribution is 7.90. The second-order valence-electron chi connectivity index (χ2n) is 2.22. The van der Waals surface area contributed by atoms with Gasteiger partial charge < -0.3 is 0 Å². The van der Waals surface area contributed by atoms with Crippen LogP contribution in [0, 0.1) is 0 Å². The monoisotopic (exact) mass is 251 g/mol. The van der Waals surface area contributed by atoms with Gasteiger partial charge in [0, 0.05) is 14.5 Å². The summed E-state index contributed by atoms with van der Waals surface area (Å²) in [5, 5.41) is 0.222. The van der Waals surface area contributed by atoms with Crippen LogP contribution in [0.4, 0.5) is 0 Å². The Kier molecular flexibility index (Phi) is 3.23. The van der Waals surface area contributed by atoms with Crippen molar-refractivity contribution in [2.75, 3.05) is 0 Å². The molecule has 0 aliphatic heterocycles. The molecule has 0 N–H and O–H groups in total. The van der Waals surface area contributed by atoms with E-state index in [1.807, 2.05) is 0 Å². The lowest BCUT2D eigenvalue weighted by atomic mass is 10.4. The van der Waals surface area contributed by atoms with E-state index in [0.29, 0.717) is 5.02 Å². The molecule has 0 bridgehead atoms. The van der Waals surface area contributed by atoms with Crippen LogP contribution in [0.2, 0.25) is 10.0 Å². The van der Waals surface area contributed by atoms with Crippen molar-refractivity contribution < 1.29 is 8.42 Å². The smallest absolute Gasteiger partial charge is 0.216 e. The Morgan fingerprint density at radius 3 is 2.50 bits per heavy atom. The number of rotatable bonds is 2. The summed E-state index contributed by atoms with van der Waals surface area (Å²) < 4.78 is 25.1. The van der Waals surface area contributed by atoms with Crippen LogP contribution in [0.1, 0.15) is 0 Å². The molecule has 8 heteroatoms. The molecule has 0 spiro atoms. The molecular formula is C6H3Cl2N3O2S. The van der Waals surface area contributed by atoms with Crippen LogP contribution >= 0.6 is 23.2 Å².